The normalized spacial score (nSPS) is 13.8. The van der Waals surface area contributed by atoms with Crippen molar-refractivity contribution in [1.29, 1.82) is 0 Å². The molecule has 2 rings (SSSR count). The summed E-state index contributed by atoms with van der Waals surface area (Å²) in [7, 11) is 23.2. The van der Waals surface area contributed by atoms with Crippen LogP contribution in [0.25, 0.3) is 0 Å². The van der Waals surface area contributed by atoms with Crippen molar-refractivity contribution in [1.82, 2.24) is 0 Å². The standard InChI is InChI=1S/C27H26B5F3O10S/c1-26(25(39)45-19(27(33,34)35)11-46(40,41)42,13-44-24(38)21-16(8-30)4-5-17(9-31)22(21)36)12-43-23(37)20-15(7-29)3-2-14(6-28)18(20)10-32/h2-5,19,36H,6-13H2,1H3,(H,40,41,42). The molecule has 0 fully saturated rings. The minimum absolute atomic E-state index is 0.0345. The highest BCUT2D eigenvalue weighted by atomic mass is 32.2. The van der Waals surface area contributed by atoms with Gasteiger partial charge < -0.3 is 19.3 Å². The minimum atomic E-state index is -5.47. The molecule has 0 saturated heterocycles. The number of carbonyl (C=O) groups excluding carboxylic acids is 3. The van der Waals surface area contributed by atoms with E-state index in [4.69, 9.17) is 53.3 Å². The minimum Gasteiger partial charge on any atom is -0.507 e. The van der Waals surface area contributed by atoms with Crippen molar-refractivity contribution >= 4 is 67.3 Å². The van der Waals surface area contributed by atoms with E-state index in [1.54, 1.807) is 6.07 Å². The molecule has 0 aliphatic heterocycles. The van der Waals surface area contributed by atoms with Crippen LogP contribution in [0.3, 0.4) is 0 Å². The third kappa shape index (κ3) is 9.60. The zero-order valence-electron chi connectivity index (χ0n) is 24.6. The van der Waals surface area contributed by atoms with E-state index in [0.29, 0.717) is 5.56 Å². The van der Waals surface area contributed by atoms with Gasteiger partial charge in [-0.1, -0.05) is 61.4 Å². The van der Waals surface area contributed by atoms with E-state index in [2.05, 4.69) is 4.74 Å². The van der Waals surface area contributed by atoms with Crippen LogP contribution in [-0.2, 0) is 60.7 Å². The summed E-state index contributed by atoms with van der Waals surface area (Å²) >= 11 is 0. The fourth-order valence-corrected chi connectivity index (χ4v) is 4.88. The number of ether oxygens (including phenoxy) is 3. The van der Waals surface area contributed by atoms with Gasteiger partial charge in [0.15, 0.2) is 0 Å². The molecule has 0 aromatic heterocycles. The fourth-order valence-electron chi connectivity index (χ4n) is 4.24. The van der Waals surface area contributed by atoms with Gasteiger partial charge in [0, 0.05) is 0 Å². The van der Waals surface area contributed by atoms with Crippen LogP contribution in [0.4, 0.5) is 13.2 Å². The van der Waals surface area contributed by atoms with Gasteiger partial charge in [0.25, 0.3) is 10.1 Å². The third-order valence-corrected chi connectivity index (χ3v) is 7.57. The topological polar surface area (TPSA) is 153 Å². The molecule has 10 radical (unpaired) electrons. The molecular formula is C27H26B5F3O10S. The molecule has 2 unspecified atom stereocenters. The number of hydrogen-bond donors (Lipinski definition) is 2. The molecule has 0 saturated carbocycles. The smallest absolute Gasteiger partial charge is 0.426 e. The zero-order valence-corrected chi connectivity index (χ0v) is 25.4. The number of phenolic OH excluding ortho intramolecular Hbond substituents is 1. The first-order valence-corrected chi connectivity index (χ1v) is 15.0. The number of alkyl halides is 3. The molecule has 0 heterocycles. The van der Waals surface area contributed by atoms with E-state index in [1.165, 1.54) is 18.2 Å². The van der Waals surface area contributed by atoms with Crippen LogP contribution in [0.15, 0.2) is 24.3 Å². The van der Waals surface area contributed by atoms with Gasteiger partial charge in [-0.25, -0.2) is 9.59 Å². The average molecular weight is 654 g/mol. The number of aromatic hydroxyl groups is 1. The molecule has 0 spiro atoms. The first-order chi connectivity index (χ1) is 21.4. The highest BCUT2D eigenvalue weighted by Crippen LogP contribution is 2.31. The average Bonchev–Trinajstić information content (AvgIpc) is 2.99. The molecule has 2 N–H and O–H groups in total. The predicted molar refractivity (Wildman–Crippen MR) is 163 cm³/mol. The van der Waals surface area contributed by atoms with Gasteiger partial charge in [0.2, 0.25) is 6.10 Å². The van der Waals surface area contributed by atoms with Crippen molar-refractivity contribution in [2.75, 3.05) is 19.0 Å². The van der Waals surface area contributed by atoms with Gasteiger partial charge in [0.1, 0.15) is 35.7 Å². The van der Waals surface area contributed by atoms with Gasteiger partial charge in [-0.3, -0.25) is 9.35 Å². The maximum absolute atomic E-state index is 13.6. The van der Waals surface area contributed by atoms with Gasteiger partial charge in [0.05, 0.1) is 44.8 Å². The number of phenols is 1. The maximum Gasteiger partial charge on any atom is 0.426 e. The first-order valence-electron chi connectivity index (χ1n) is 13.4. The van der Waals surface area contributed by atoms with Crippen LogP contribution in [0.2, 0.25) is 0 Å². The Morgan fingerprint density at radius 3 is 1.65 bits per heavy atom. The lowest BCUT2D eigenvalue weighted by atomic mass is 9.80. The van der Waals surface area contributed by atoms with E-state index in [1.807, 2.05) is 0 Å². The number of halogens is 3. The van der Waals surface area contributed by atoms with E-state index in [9.17, 15) is 41.1 Å². The van der Waals surface area contributed by atoms with Crippen LogP contribution in [0, 0.1) is 5.41 Å². The van der Waals surface area contributed by atoms with Gasteiger partial charge in [-0.15, -0.1) is 0 Å². The highest BCUT2D eigenvalue weighted by molar-refractivity contribution is 7.85. The molecule has 0 amide bonds. The van der Waals surface area contributed by atoms with Crippen LogP contribution in [-0.4, -0.2) is 106 Å². The number of carbonyl (C=O) groups is 3. The Morgan fingerprint density at radius 2 is 1.22 bits per heavy atom. The quantitative estimate of drug-likeness (QED) is 0.124. The summed E-state index contributed by atoms with van der Waals surface area (Å²) < 4.78 is 87.2. The Hall–Kier alpha value is -3.33. The van der Waals surface area contributed by atoms with E-state index in [-0.39, 0.29) is 59.4 Å². The Kier molecular flexibility index (Phi) is 13.5. The summed E-state index contributed by atoms with van der Waals surface area (Å²) in [6.45, 7) is -1.31. The van der Waals surface area contributed by atoms with Crippen LogP contribution in [0.5, 0.6) is 5.75 Å². The second-order valence-corrected chi connectivity index (χ2v) is 11.8. The molecule has 46 heavy (non-hydrogen) atoms. The van der Waals surface area contributed by atoms with Crippen molar-refractivity contribution in [3.05, 3.63) is 63.2 Å². The Labute approximate surface area is 270 Å². The molecule has 0 aliphatic rings. The summed E-state index contributed by atoms with van der Waals surface area (Å²) in [5.74, 6) is -6.88. The molecule has 2 aromatic rings. The number of benzene rings is 2. The van der Waals surface area contributed by atoms with E-state index < -0.39 is 76.0 Å². The van der Waals surface area contributed by atoms with Crippen molar-refractivity contribution in [3.8, 4) is 5.75 Å². The summed E-state index contributed by atoms with van der Waals surface area (Å²) in [6, 6.07) is 5.83. The van der Waals surface area contributed by atoms with E-state index >= 15 is 0 Å². The van der Waals surface area contributed by atoms with Crippen molar-refractivity contribution < 1.29 is 59.8 Å². The lowest BCUT2D eigenvalue weighted by Gasteiger charge is -2.30. The summed E-state index contributed by atoms with van der Waals surface area (Å²) in [4.78, 5) is 39.6. The summed E-state index contributed by atoms with van der Waals surface area (Å²) in [6.07, 6.45) is -9.70. The molecule has 236 valence electrons. The largest absolute Gasteiger partial charge is 0.507 e. The Bertz CT molecular complexity index is 1560. The van der Waals surface area contributed by atoms with Crippen molar-refractivity contribution in [2.45, 2.75) is 50.8 Å². The number of esters is 3. The van der Waals surface area contributed by atoms with Gasteiger partial charge in [-0.05, 0) is 29.2 Å². The van der Waals surface area contributed by atoms with Gasteiger partial charge in [-0.2, -0.15) is 21.6 Å². The van der Waals surface area contributed by atoms with Crippen LogP contribution < -0.4 is 0 Å². The Balaban J connectivity index is 2.52. The number of rotatable bonds is 15. The molecule has 19 heteroatoms. The van der Waals surface area contributed by atoms with Gasteiger partial charge >= 0.3 is 24.1 Å². The molecule has 0 aliphatic carbocycles. The first kappa shape index (κ1) is 38.9. The molecular weight excluding hydrogens is 627 g/mol. The molecule has 2 aromatic carbocycles. The maximum atomic E-state index is 13.6. The lowest BCUT2D eigenvalue weighted by Crippen LogP contribution is -2.46. The van der Waals surface area contributed by atoms with Crippen molar-refractivity contribution in [2.24, 2.45) is 5.41 Å². The monoisotopic (exact) mass is 654 g/mol. The SMILES string of the molecule is [B]Cc1ccc(C[B])c(C(=O)OCC(C)(COC(=O)c2c(C[B])ccc(C[B])c2C[B])C(=O)OC(CS(=O)(=O)O)C(F)(F)F)c1O. The third-order valence-electron chi connectivity index (χ3n) is 6.85. The summed E-state index contributed by atoms with van der Waals surface area (Å²) in [5, 5.41) is 10.5. The highest BCUT2D eigenvalue weighted by Gasteiger charge is 2.49. The second-order valence-electron chi connectivity index (χ2n) is 10.3. The molecule has 10 nitrogen and oxygen atoms in total. The molecule has 0 bridgehead atoms. The van der Waals surface area contributed by atoms with E-state index in [0.717, 1.165) is 6.92 Å². The lowest BCUT2D eigenvalue weighted by molar-refractivity contribution is -0.222. The second kappa shape index (κ2) is 16.0. The summed E-state index contributed by atoms with van der Waals surface area (Å²) in [5.41, 5.74) is -1.83. The van der Waals surface area contributed by atoms with Crippen LogP contribution in [0.1, 0.15) is 55.5 Å². The number of hydrogen-bond acceptors (Lipinski definition) is 9. The van der Waals surface area contributed by atoms with Crippen molar-refractivity contribution in [3.63, 3.8) is 0 Å². The Morgan fingerprint density at radius 1 is 0.783 bits per heavy atom. The molecule has 2 atom stereocenters. The fraction of sp³-hybridized carbons (Fsp3) is 0.444. The predicted octanol–water partition coefficient (Wildman–Crippen LogP) is 1.12. The zero-order chi connectivity index (χ0) is 35.0. The van der Waals surface area contributed by atoms with Crippen LogP contribution >= 0.6 is 0 Å².